The lowest BCUT2D eigenvalue weighted by Crippen LogP contribution is -2.23. The van der Waals surface area contributed by atoms with Crippen molar-refractivity contribution in [3.63, 3.8) is 0 Å². The van der Waals surface area contributed by atoms with Crippen molar-refractivity contribution in [1.82, 2.24) is 34.9 Å². The molecule has 0 radical (unpaired) electrons. The molecule has 0 saturated carbocycles. The minimum absolute atomic E-state index is 0.179. The first-order chi connectivity index (χ1) is 11.3. The monoisotopic (exact) mass is 329 g/mol. The van der Waals surface area contributed by atoms with Crippen molar-refractivity contribution >= 4 is 17.4 Å². The Morgan fingerprint density at radius 1 is 1.30 bits per heavy atom. The maximum atomic E-state index is 12.2. The van der Waals surface area contributed by atoms with Gasteiger partial charge >= 0.3 is 0 Å². The molecule has 0 aromatic carbocycles. The van der Waals surface area contributed by atoms with Crippen molar-refractivity contribution in [3.8, 4) is 5.69 Å². The molecule has 118 valence electrons. The number of aryl methyl sites for hydroxylation is 1. The number of nitrogens with zero attached hydrogens (tertiary/aromatic N) is 6. The summed E-state index contributed by atoms with van der Waals surface area (Å²) < 4.78 is 5.49. The number of aromatic nitrogens is 6. The Morgan fingerprint density at radius 3 is 2.91 bits per heavy atom. The van der Waals surface area contributed by atoms with Gasteiger partial charge in [0.25, 0.3) is 5.91 Å². The number of pyridine rings is 1. The van der Waals surface area contributed by atoms with Crippen molar-refractivity contribution in [2.24, 2.45) is 0 Å². The van der Waals surface area contributed by atoms with Gasteiger partial charge in [-0.25, -0.2) is 4.68 Å². The SMILES string of the molecule is CCCc1nnsc1C(=O)NCc1cn(-c2ccncc2)nn1. The van der Waals surface area contributed by atoms with Crippen LogP contribution < -0.4 is 5.32 Å². The number of nitrogens with one attached hydrogen (secondary N) is 1. The molecule has 23 heavy (non-hydrogen) atoms. The maximum absolute atomic E-state index is 12.2. The zero-order chi connectivity index (χ0) is 16.1. The Hall–Kier alpha value is -2.68. The quantitative estimate of drug-likeness (QED) is 0.734. The first kappa shape index (κ1) is 15.2. The van der Waals surface area contributed by atoms with Crippen LogP contribution in [0, 0.1) is 0 Å². The van der Waals surface area contributed by atoms with E-state index in [1.54, 1.807) is 23.3 Å². The fraction of sp³-hybridized carbons (Fsp3) is 0.286. The first-order valence-electron chi connectivity index (χ1n) is 7.19. The van der Waals surface area contributed by atoms with Gasteiger partial charge in [0.1, 0.15) is 10.6 Å². The third-order valence-electron chi connectivity index (χ3n) is 3.15. The van der Waals surface area contributed by atoms with E-state index in [1.807, 2.05) is 19.1 Å². The Kier molecular flexibility index (Phi) is 4.67. The number of rotatable bonds is 6. The number of hydrogen-bond donors (Lipinski definition) is 1. The Bertz CT molecular complexity index is 783. The topological polar surface area (TPSA) is 98.5 Å². The molecule has 8 nitrogen and oxygen atoms in total. The summed E-state index contributed by atoms with van der Waals surface area (Å²) in [7, 11) is 0. The van der Waals surface area contributed by atoms with Gasteiger partial charge in [0, 0.05) is 12.4 Å². The average Bonchev–Trinajstić information content (AvgIpc) is 3.23. The summed E-state index contributed by atoms with van der Waals surface area (Å²) in [5, 5.41) is 14.9. The molecule has 3 aromatic heterocycles. The van der Waals surface area contributed by atoms with Crippen molar-refractivity contribution in [1.29, 1.82) is 0 Å². The van der Waals surface area contributed by atoms with Crippen LogP contribution in [0.3, 0.4) is 0 Å². The fourth-order valence-corrected chi connectivity index (χ4v) is 2.66. The lowest BCUT2D eigenvalue weighted by atomic mass is 10.2. The van der Waals surface area contributed by atoms with Gasteiger partial charge < -0.3 is 5.32 Å². The van der Waals surface area contributed by atoms with E-state index < -0.39 is 0 Å². The molecule has 1 amide bonds. The maximum Gasteiger partial charge on any atom is 0.265 e. The van der Waals surface area contributed by atoms with Crippen molar-refractivity contribution < 1.29 is 4.79 Å². The van der Waals surface area contributed by atoms with Crippen molar-refractivity contribution in [3.05, 3.63) is 47.0 Å². The molecule has 0 fully saturated rings. The van der Waals surface area contributed by atoms with Crippen LogP contribution in [0.25, 0.3) is 5.69 Å². The standard InChI is InChI=1S/C14H15N7OS/c1-2-3-12-13(23-20-18-12)14(22)16-8-10-9-21(19-17-10)11-4-6-15-7-5-11/h4-7,9H,2-3,8H2,1H3,(H,16,22). The molecular weight excluding hydrogens is 314 g/mol. The third kappa shape index (κ3) is 3.57. The Labute approximate surface area is 136 Å². The molecule has 0 saturated heterocycles. The highest BCUT2D eigenvalue weighted by Crippen LogP contribution is 2.12. The summed E-state index contributed by atoms with van der Waals surface area (Å²) in [6, 6.07) is 3.66. The lowest BCUT2D eigenvalue weighted by Gasteiger charge is -2.01. The molecule has 3 rings (SSSR count). The molecule has 1 N–H and O–H groups in total. The molecule has 0 atom stereocenters. The van der Waals surface area contributed by atoms with Gasteiger partial charge in [0.05, 0.1) is 24.1 Å². The van der Waals surface area contributed by atoms with E-state index in [2.05, 4.69) is 30.2 Å². The second-order valence-electron chi connectivity index (χ2n) is 4.84. The fourth-order valence-electron chi connectivity index (χ4n) is 2.03. The molecule has 3 aromatic rings. The van der Waals surface area contributed by atoms with E-state index in [0.717, 1.165) is 35.8 Å². The molecule has 0 aliphatic carbocycles. The Balaban J connectivity index is 1.63. The molecule has 0 aliphatic rings. The van der Waals surface area contributed by atoms with Gasteiger partial charge in [-0.05, 0) is 30.1 Å². The minimum Gasteiger partial charge on any atom is -0.345 e. The van der Waals surface area contributed by atoms with E-state index in [9.17, 15) is 4.79 Å². The van der Waals surface area contributed by atoms with Gasteiger partial charge in [-0.15, -0.1) is 10.2 Å². The zero-order valence-corrected chi connectivity index (χ0v) is 13.3. The number of hydrogen-bond acceptors (Lipinski definition) is 7. The predicted molar refractivity (Wildman–Crippen MR) is 84.2 cm³/mol. The van der Waals surface area contributed by atoms with E-state index in [0.29, 0.717) is 17.1 Å². The summed E-state index contributed by atoms with van der Waals surface area (Å²) in [5.41, 5.74) is 2.28. The van der Waals surface area contributed by atoms with Crippen LogP contribution in [0.15, 0.2) is 30.7 Å². The molecule has 0 spiro atoms. The number of carbonyl (C=O) groups excluding carboxylic acids is 1. The van der Waals surface area contributed by atoms with Gasteiger partial charge in [0.2, 0.25) is 0 Å². The van der Waals surface area contributed by atoms with Crippen molar-refractivity contribution in [2.45, 2.75) is 26.3 Å². The van der Waals surface area contributed by atoms with Crippen LogP contribution in [-0.2, 0) is 13.0 Å². The van der Waals surface area contributed by atoms with Crippen LogP contribution in [0.1, 0.15) is 34.4 Å². The highest BCUT2D eigenvalue weighted by Gasteiger charge is 2.15. The van der Waals surface area contributed by atoms with Crippen LogP contribution in [0.4, 0.5) is 0 Å². The van der Waals surface area contributed by atoms with Crippen LogP contribution >= 0.6 is 11.5 Å². The minimum atomic E-state index is -0.179. The number of carbonyl (C=O) groups is 1. The van der Waals surface area contributed by atoms with Crippen LogP contribution in [0.5, 0.6) is 0 Å². The highest BCUT2D eigenvalue weighted by atomic mass is 32.1. The van der Waals surface area contributed by atoms with Gasteiger partial charge in [-0.3, -0.25) is 9.78 Å². The van der Waals surface area contributed by atoms with Gasteiger partial charge in [0.15, 0.2) is 0 Å². The van der Waals surface area contributed by atoms with Crippen LogP contribution in [0.2, 0.25) is 0 Å². The molecular formula is C14H15N7OS. The molecule has 0 bridgehead atoms. The second-order valence-corrected chi connectivity index (χ2v) is 5.60. The highest BCUT2D eigenvalue weighted by molar-refractivity contribution is 7.08. The van der Waals surface area contributed by atoms with Gasteiger partial charge in [-0.2, -0.15) is 0 Å². The molecule has 0 aliphatic heterocycles. The summed E-state index contributed by atoms with van der Waals surface area (Å²) in [6.07, 6.45) is 6.81. The second kappa shape index (κ2) is 7.05. The predicted octanol–water partition coefficient (Wildman–Crippen LogP) is 1.40. The molecule has 3 heterocycles. The molecule has 9 heteroatoms. The zero-order valence-electron chi connectivity index (χ0n) is 12.5. The Morgan fingerprint density at radius 2 is 2.13 bits per heavy atom. The lowest BCUT2D eigenvalue weighted by molar-refractivity contribution is 0.0953. The van der Waals surface area contributed by atoms with Crippen LogP contribution in [-0.4, -0.2) is 35.5 Å². The van der Waals surface area contributed by atoms with E-state index in [-0.39, 0.29) is 5.91 Å². The van der Waals surface area contributed by atoms with Crippen molar-refractivity contribution in [2.75, 3.05) is 0 Å². The number of amides is 1. The smallest absolute Gasteiger partial charge is 0.265 e. The third-order valence-corrected chi connectivity index (χ3v) is 3.91. The summed E-state index contributed by atoms with van der Waals surface area (Å²) in [5.74, 6) is -0.179. The van der Waals surface area contributed by atoms with E-state index >= 15 is 0 Å². The molecule has 0 unspecified atom stereocenters. The normalized spacial score (nSPS) is 10.7. The largest absolute Gasteiger partial charge is 0.345 e. The summed E-state index contributed by atoms with van der Waals surface area (Å²) in [4.78, 5) is 16.7. The summed E-state index contributed by atoms with van der Waals surface area (Å²) >= 11 is 1.11. The van der Waals surface area contributed by atoms with E-state index in [4.69, 9.17) is 0 Å². The van der Waals surface area contributed by atoms with E-state index in [1.165, 1.54) is 0 Å². The summed E-state index contributed by atoms with van der Waals surface area (Å²) in [6.45, 7) is 2.34. The average molecular weight is 329 g/mol. The first-order valence-corrected chi connectivity index (χ1v) is 7.96. The van der Waals surface area contributed by atoms with Gasteiger partial charge in [-0.1, -0.05) is 23.0 Å².